The first-order chi connectivity index (χ1) is 19.2. The average Bonchev–Trinajstić information content (AvgIpc) is 2.96. The van der Waals surface area contributed by atoms with Gasteiger partial charge in [0.1, 0.15) is 24.4 Å². The molecule has 1 fully saturated rings. The van der Waals surface area contributed by atoms with Crippen molar-refractivity contribution in [2.45, 2.75) is 56.8 Å². The highest BCUT2D eigenvalue weighted by Crippen LogP contribution is 2.36. The second-order valence-electron chi connectivity index (χ2n) is 9.07. The number of esters is 2. The molecular weight excluding hydrogens is 532 g/mol. The summed E-state index contributed by atoms with van der Waals surface area (Å²) >= 11 is 0. The largest absolute Gasteiger partial charge is 0.493 e. The summed E-state index contributed by atoms with van der Waals surface area (Å²) in [6, 6.07) is 5.35. The summed E-state index contributed by atoms with van der Waals surface area (Å²) in [5.74, 6) is -1.08. The number of aliphatic hydroxyl groups excluding tert-OH is 4. The van der Waals surface area contributed by atoms with E-state index >= 15 is 0 Å². The van der Waals surface area contributed by atoms with Crippen LogP contribution in [0.1, 0.15) is 18.9 Å². The summed E-state index contributed by atoms with van der Waals surface area (Å²) in [5.41, 5.74) is 1.23. The van der Waals surface area contributed by atoms with Gasteiger partial charge < -0.3 is 53.6 Å². The molecule has 13 heteroatoms. The molecular formula is C27H36O13. The quantitative estimate of drug-likeness (QED) is 0.207. The van der Waals surface area contributed by atoms with Gasteiger partial charge in [-0.15, -0.1) is 0 Å². The molecule has 1 saturated heterocycles. The fourth-order valence-electron chi connectivity index (χ4n) is 4.47. The van der Waals surface area contributed by atoms with Gasteiger partial charge in [0.15, 0.2) is 17.8 Å². The predicted octanol–water partition coefficient (Wildman–Crippen LogP) is -0.0282. The van der Waals surface area contributed by atoms with Crippen molar-refractivity contribution in [3.63, 3.8) is 0 Å². The Balaban J connectivity index is 1.70. The first kappa shape index (κ1) is 31.3. The van der Waals surface area contributed by atoms with Crippen LogP contribution in [-0.2, 0) is 39.7 Å². The topological polar surface area (TPSA) is 180 Å². The Morgan fingerprint density at radius 3 is 2.38 bits per heavy atom. The monoisotopic (exact) mass is 568 g/mol. The van der Waals surface area contributed by atoms with Crippen LogP contribution in [0.5, 0.6) is 11.5 Å². The molecule has 3 rings (SSSR count). The van der Waals surface area contributed by atoms with Gasteiger partial charge in [-0.2, -0.15) is 0 Å². The van der Waals surface area contributed by atoms with E-state index in [1.54, 1.807) is 25.1 Å². The first-order valence-corrected chi connectivity index (χ1v) is 12.6. The number of rotatable bonds is 11. The highest BCUT2D eigenvalue weighted by Gasteiger charge is 2.46. The van der Waals surface area contributed by atoms with E-state index in [9.17, 15) is 30.0 Å². The van der Waals surface area contributed by atoms with Crippen LogP contribution >= 0.6 is 0 Å². The zero-order valence-electron chi connectivity index (χ0n) is 22.7. The fourth-order valence-corrected chi connectivity index (χ4v) is 4.47. The lowest BCUT2D eigenvalue weighted by molar-refractivity contribution is -0.327. The van der Waals surface area contributed by atoms with Gasteiger partial charge in [-0.05, 0) is 24.6 Å². The van der Waals surface area contributed by atoms with Gasteiger partial charge in [0.25, 0.3) is 0 Å². The van der Waals surface area contributed by atoms with E-state index in [2.05, 4.69) is 0 Å². The molecule has 0 amide bonds. The molecule has 0 unspecified atom stereocenters. The molecule has 4 N–H and O–H groups in total. The van der Waals surface area contributed by atoms with E-state index in [0.717, 1.165) is 11.8 Å². The molecule has 2 aliphatic heterocycles. The summed E-state index contributed by atoms with van der Waals surface area (Å²) in [6.45, 7) is 1.06. The van der Waals surface area contributed by atoms with Crippen molar-refractivity contribution in [2.75, 3.05) is 34.5 Å². The van der Waals surface area contributed by atoms with E-state index in [-0.39, 0.29) is 18.6 Å². The second kappa shape index (κ2) is 14.4. The number of aliphatic hydroxyl groups is 4. The van der Waals surface area contributed by atoms with Gasteiger partial charge in [-0.3, -0.25) is 4.79 Å². The molecule has 0 spiro atoms. The van der Waals surface area contributed by atoms with Crippen LogP contribution in [0.25, 0.3) is 0 Å². The molecule has 1 aromatic rings. The van der Waals surface area contributed by atoms with Crippen LogP contribution in [0.15, 0.2) is 41.7 Å². The third-order valence-corrected chi connectivity index (χ3v) is 6.70. The maximum absolute atomic E-state index is 12.8. The Hall–Kier alpha value is -3.20. The van der Waals surface area contributed by atoms with E-state index in [1.807, 2.05) is 6.07 Å². The molecule has 2 heterocycles. The zero-order valence-corrected chi connectivity index (χ0v) is 22.7. The van der Waals surface area contributed by atoms with Crippen LogP contribution in [0, 0.1) is 5.92 Å². The standard InChI is InChI=1S/C27H36O13/c1-5-15-16(11-21(29)37-9-8-14-6-7-18(34-2)19(10-14)35-3)17(25(33)36-4)13-38-26(15)40-27-24(32)23(31)22(30)20(12-28)39-27/h5-7,10,13,16,20,22-24,26-28,30-32H,8-9,11-12H2,1-4H3/b15-5-/t16-,20+,22+,23-,24+,26-,27-/m0/s1. The van der Waals surface area contributed by atoms with Gasteiger partial charge in [0.05, 0.1) is 52.8 Å². The lowest BCUT2D eigenvalue weighted by Gasteiger charge is -2.41. The first-order valence-electron chi connectivity index (χ1n) is 12.6. The van der Waals surface area contributed by atoms with Crippen molar-refractivity contribution in [3.8, 4) is 11.5 Å². The Bertz CT molecular complexity index is 1080. The van der Waals surface area contributed by atoms with Crippen molar-refractivity contribution in [2.24, 2.45) is 5.92 Å². The molecule has 0 radical (unpaired) electrons. The zero-order chi connectivity index (χ0) is 29.4. The Morgan fingerprint density at radius 1 is 1.02 bits per heavy atom. The summed E-state index contributed by atoms with van der Waals surface area (Å²) in [4.78, 5) is 25.3. The van der Waals surface area contributed by atoms with E-state index in [0.29, 0.717) is 23.5 Å². The van der Waals surface area contributed by atoms with Crippen LogP contribution < -0.4 is 9.47 Å². The number of carbonyl (C=O) groups excluding carboxylic acids is 2. The van der Waals surface area contributed by atoms with Crippen LogP contribution in [-0.4, -0.2) is 104 Å². The number of allylic oxidation sites excluding steroid dienone is 1. The molecule has 222 valence electrons. The van der Waals surface area contributed by atoms with Crippen molar-refractivity contribution >= 4 is 11.9 Å². The van der Waals surface area contributed by atoms with Crippen molar-refractivity contribution in [1.82, 2.24) is 0 Å². The van der Waals surface area contributed by atoms with E-state index in [1.165, 1.54) is 21.3 Å². The number of benzene rings is 1. The fraction of sp³-hybridized carbons (Fsp3) is 0.556. The third-order valence-electron chi connectivity index (χ3n) is 6.70. The summed E-state index contributed by atoms with van der Waals surface area (Å²) in [6.07, 6.45) is -6.04. The lowest BCUT2D eigenvalue weighted by atomic mass is 9.86. The number of methoxy groups -OCH3 is 3. The van der Waals surface area contributed by atoms with Crippen molar-refractivity contribution < 1.29 is 63.2 Å². The average molecular weight is 569 g/mol. The van der Waals surface area contributed by atoms with Crippen LogP contribution in [0.4, 0.5) is 0 Å². The minimum absolute atomic E-state index is 0.0427. The highest BCUT2D eigenvalue weighted by atomic mass is 16.8. The molecule has 7 atom stereocenters. The normalized spacial score (nSPS) is 29.2. The third kappa shape index (κ3) is 7.11. The maximum Gasteiger partial charge on any atom is 0.337 e. The Morgan fingerprint density at radius 2 is 1.75 bits per heavy atom. The predicted molar refractivity (Wildman–Crippen MR) is 136 cm³/mol. The molecule has 40 heavy (non-hydrogen) atoms. The van der Waals surface area contributed by atoms with E-state index < -0.39 is 61.5 Å². The lowest BCUT2D eigenvalue weighted by Crippen LogP contribution is -2.60. The number of ether oxygens (including phenoxy) is 7. The van der Waals surface area contributed by atoms with E-state index in [4.69, 9.17) is 33.2 Å². The van der Waals surface area contributed by atoms with Gasteiger partial charge >= 0.3 is 11.9 Å². The minimum atomic E-state index is -1.68. The van der Waals surface area contributed by atoms with Gasteiger partial charge in [0.2, 0.25) is 6.29 Å². The van der Waals surface area contributed by atoms with Gasteiger partial charge in [-0.1, -0.05) is 12.1 Å². The molecule has 2 aliphatic rings. The maximum atomic E-state index is 12.8. The molecule has 0 aliphatic carbocycles. The molecule has 1 aromatic carbocycles. The molecule has 0 bridgehead atoms. The number of hydrogen-bond acceptors (Lipinski definition) is 13. The second-order valence-corrected chi connectivity index (χ2v) is 9.07. The Labute approximate surface area is 231 Å². The number of hydrogen-bond donors (Lipinski definition) is 4. The van der Waals surface area contributed by atoms with Crippen LogP contribution in [0.3, 0.4) is 0 Å². The van der Waals surface area contributed by atoms with Gasteiger partial charge in [-0.25, -0.2) is 4.79 Å². The smallest absolute Gasteiger partial charge is 0.337 e. The van der Waals surface area contributed by atoms with Gasteiger partial charge in [0, 0.05) is 17.9 Å². The molecule has 0 saturated carbocycles. The van der Waals surface area contributed by atoms with Crippen LogP contribution in [0.2, 0.25) is 0 Å². The molecule has 0 aromatic heterocycles. The summed E-state index contributed by atoms with van der Waals surface area (Å²) < 4.78 is 37.5. The molecule has 13 nitrogen and oxygen atoms in total. The van der Waals surface area contributed by atoms with Crippen molar-refractivity contribution in [1.29, 1.82) is 0 Å². The van der Waals surface area contributed by atoms with Crippen molar-refractivity contribution in [3.05, 3.63) is 47.2 Å². The number of carbonyl (C=O) groups is 2. The SMILES string of the molecule is C/C=C1\[C@H](O[C@@H]2O[C@H](CO)[C@@H](O)[C@H](O)[C@H]2O)OC=C(C(=O)OC)[C@H]1CC(=O)OCCc1ccc(OC)c(OC)c1. The Kier molecular flexibility index (Phi) is 11.3. The summed E-state index contributed by atoms with van der Waals surface area (Å²) in [7, 11) is 4.24. The summed E-state index contributed by atoms with van der Waals surface area (Å²) in [5, 5.41) is 39.9. The minimum Gasteiger partial charge on any atom is -0.493 e. The highest BCUT2D eigenvalue weighted by molar-refractivity contribution is 5.90.